The molecule has 1 aliphatic rings. The van der Waals surface area contributed by atoms with E-state index >= 15 is 0 Å². The summed E-state index contributed by atoms with van der Waals surface area (Å²) in [6.45, 7) is 0.343. The molecular formula is C9H14N4O4S. The van der Waals surface area contributed by atoms with Gasteiger partial charge in [0.2, 0.25) is 10.0 Å². The van der Waals surface area contributed by atoms with Crippen molar-refractivity contribution in [2.75, 3.05) is 19.3 Å². The Morgan fingerprint density at radius 2 is 2.00 bits per heavy atom. The van der Waals surface area contributed by atoms with Crippen molar-refractivity contribution >= 4 is 16.0 Å². The SMILES string of the molecule is CS(=O)(=O)N1CCC(C(=O)O)(n2ccnn2)CC1. The maximum absolute atomic E-state index is 11.5. The number of nitrogens with zero attached hydrogens (tertiary/aromatic N) is 4. The van der Waals surface area contributed by atoms with Crippen LogP contribution in [0.25, 0.3) is 0 Å². The van der Waals surface area contributed by atoms with E-state index in [2.05, 4.69) is 10.3 Å². The van der Waals surface area contributed by atoms with Gasteiger partial charge in [0.05, 0.1) is 12.5 Å². The summed E-state index contributed by atoms with van der Waals surface area (Å²) in [5, 5.41) is 16.7. The molecule has 0 amide bonds. The Bertz CT molecular complexity index is 531. The van der Waals surface area contributed by atoms with Gasteiger partial charge in [-0.05, 0) is 12.8 Å². The van der Waals surface area contributed by atoms with Crippen molar-refractivity contribution in [1.82, 2.24) is 19.3 Å². The van der Waals surface area contributed by atoms with Crippen molar-refractivity contribution in [2.24, 2.45) is 0 Å². The molecular weight excluding hydrogens is 260 g/mol. The Balaban J connectivity index is 2.26. The molecule has 8 nitrogen and oxygen atoms in total. The highest BCUT2D eigenvalue weighted by Crippen LogP contribution is 2.30. The Morgan fingerprint density at radius 3 is 2.39 bits per heavy atom. The highest BCUT2D eigenvalue weighted by molar-refractivity contribution is 7.88. The summed E-state index contributed by atoms with van der Waals surface area (Å²) in [7, 11) is -3.28. The maximum atomic E-state index is 11.5. The van der Waals surface area contributed by atoms with Gasteiger partial charge >= 0.3 is 5.97 Å². The van der Waals surface area contributed by atoms with E-state index in [0.717, 1.165) is 6.26 Å². The standard InChI is InChI=1S/C9H14N4O4S/c1-18(16,17)12-5-2-9(3-6-12,8(14)15)13-7-4-10-11-13/h4,7H,2-3,5-6H2,1H3,(H,14,15). The second-order valence-corrected chi connectivity index (χ2v) is 6.33. The molecule has 18 heavy (non-hydrogen) atoms. The lowest BCUT2D eigenvalue weighted by Crippen LogP contribution is -2.52. The number of aromatic nitrogens is 3. The summed E-state index contributed by atoms with van der Waals surface area (Å²) in [6, 6.07) is 0. The first-order valence-corrected chi connectivity index (χ1v) is 7.26. The van der Waals surface area contributed by atoms with E-state index in [1.807, 2.05) is 0 Å². The summed E-state index contributed by atoms with van der Waals surface area (Å²) >= 11 is 0. The first-order chi connectivity index (χ1) is 8.36. The maximum Gasteiger partial charge on any atom is 0.331 e. The predicted molar refractivity (Wildman–Crippen MR) is 61.3 cm³/mol. The molecule has 1 saturated heterocycles. The molecule has 100 valence electrons. The minimum absolute atomic E-state index is 0.172. The van der Waals surface area contributed by atoms with Crippen molar-refractivity contribution in [3.63, 3.8) is 0 Å². The fraction of sp³-hybridized carbons (Fsp3) is 0.667. The molecule has 0 atom stereocenters. The Hall–Kier alpha value is -1.48. The van der Waals surface area contributed by atoms with Gasteiger partial charge in [-0.15, -0.1) is 5.10 Å². The van der Waals surface area contributed by atoms with Crippen LogP contribution < -0.4 is 0 Å². The van der Waals surface area contributed by atoms with Crippen LogP contribution in [0, 0.1) is 0 Å². The number of rotatable bonds is 3. The van der Waals surface area contributed by atoms with E-state index in [9.17, 15) is 18.3 Å². The van der Waals surface area contributed by atoms with Gasteiger partial charge in [0.15, 0.2) is 5.54 Å². The van der Waals surface area contributed by atoms with Crippen molar-refractivity contribution in [3.8, 4) is 0 Å². The predicted octanol–water partition coefficient (Wildman–Crippen LogP) is -0.887. The summed E-state index contributed by atoms with van der Waals surface area (Å²) in [5.74, 6) is -1.01. The number of carboxylic acid groups (broad SMARTS) is 1. The number of sulfonamides is 1. The number of hydrogen-bond donors (Lipinski definition) is 1. The fourth-order valence-corrected chi connectivity index (χ4v) is 3.01. The van der Waals surface area contributed by atoms with Crippen molar-refractivity contribution in [2.45, 2.75) is 18.4 Å². The zero-order valence-corrected chi connectivity index (χ0v) is 10.7. The van der Waals surface area contributed by atoms with Crippen LogP contribution in [0.2, 0.25) is 0 Å². The van der Waals surface area contributed by atoms with Crippen molar-refractivity contribution in [1.29, 1.82) is 0 Å². The molecule has 0 saturated carbocycles. The van der Waals surface area contributed by atoms with Gasteiger partial charge in [0, 0.05) is 19.3 Å². The Labute approximate surface area is 104 Å². The largest absolute Gasteiger partial charge is 0.479 e. The van der Waals surface area contributed by atoms with Crippen LogP contribution in [0.1, 0.15) is 12.8 Å². The lowest BCUT2D eigenvalue weighted by atomic mass is 9.88. The van der Waals surface area contributed by atoms with Crippen LogP contribution >= 0.6 is 0 Å². The molecule has 2 heterocycles. The van der Waals surface area contributed by atoms with E-state index in [0.29, 0.717) is 0 Å². The average molecular weight is 274 g/mol. The van der Waals surface area contributed by atoms with Crippen molar-refractivity contribution < 1.29 is 18.3 Å². The second kappa shape index (κ2) is 4.32. The summed E-state index contributed by atoms with van der Waals surface area (Å²) in [5.41, 5.74) is -1.20. The van der Waals surface area contributed by atoms with Crippen LogP contribution in [0.15, 0.2) is 12.4 Å². The van der Waals surface area contributed by atoms with Gasteiger partial charge < -0.3 is 5.11 Å². The minimum Gasteiger partial charge on any atom is -0.479 e. The van der Waals surface area contributed by atoms with Crippen LogP contribution in [0.3, 0.4) is 0 Å². The molecule has 0 spiro atoms. The number of carbonyl (C=O) groups is 1. The number of carboxylic acids is 1. The average Bonchev–Trinajstić information content (AvgIpc) is 2.81. The Kier molecular flexibility index (Phi) is 3.11. The third-order valence-electron chi connectivity index (χ3n) is 3.28. The molecule has 1 aromatic rings. The number of hydrogen-bond acceptors (Lipinski definition) is 5. The molecule has 0 aromatic carbocycles. The highest BCUT2D eigenvalue weighted by atomic mass is 32.2. The second-order valence-electron chi connectivity index (χ2n) is 4.35. The topological polar surface area (TPSA) is 105 Å². The zero-order chi connectivity index (χ0) is 13.4. The van der Waals surface area contributed by atoms with Gasteiger partial charge in [0.25, 0.3) is 0 Å². The van der Waals surface area contributed by atoms with Crippen LogP contribution in [0.5, 0.6) is 0 Å². The van der Waals surface area contributed by atoms with E-state index in [4.69, 9.17) is 0 Å². The lowest BCUT2D eigenvalue weighted by molar-refractivity contribution is -0.150. The van der Waals surface area contributed by atoms with Crippen molar-refractivity contribution in [3.05, 3.63) is 12.4 Å². The monoisotopic (exact) mass is 274 g/mol. The van der Waals surface area contributed by atoms with Gasteiger partial charge in [-0.1, -0.05) is 5.21 Å². The third-order valence-corrected chi connectivity index (χ3v) is 4.58. The van der Waals surface area contributed by atoms with Gasteiger partial charge in [-0.2, -0.15) is 0 Å². The molecule has 1 aromatic heterocycles. The molecule has 9 heteroatoms. The lowest BCUT2D eigenvalue weighted by Gasteiger charge is -2.37. The molecule has 0 unspecified atom stereocenters. The summed E-state index contributed by atoms with van der Waals surface area (Å²) in [6.07, 6.45) is 4.38. The molecule has 1 N–H and O–H groups in total. The summed E-state index contributed by atoms with van der Waals surface area (Å²) < 4.78 is 25.4. The Morgan fingerprint density at radius 1 is 1.39 bits per heavy atom. The first kappa shape index (κ1) is 13.0. The normalized spacial score (nSPS) is 20.7. The van der Waals surface area contributed by atoms with E-state index < -0.39 is 21.5 Å². The molecule has 1 fully saturated rings. The van der Waals surface area contributed by atoms with E-state index in [1.54, 1.807) is 0 Å². The fourth-order valence-electron chi connectivity index (χ4n) is 2.17. The molecule has 2 rings (SSSR count). The third kappa shape index (κ3) is 2.10. The molecule has 0 bridgehead atoms. The molecule has 0 radical (unpaired) electrons. The highest BCUT2D eigenvalue weighted by Gasteiger charge is 2.45. The number of aliphatic carboxylic acids is 1. The smallest absolute Gasteiger partial charge is 0.331 e. The van der Waals surface area contributed by atoms with Crippen LogP contribution in [0.4, 0.5) is 0 Å². The first-order valence-electron chi connectivity index (χ1n) is 5.41. The van der Waals surface area contributed by atoms with E-state index in [1.165, 1.54) is 21.4 Å². The molecule has 1 aliphatic heterocycles. The quantitative estimate of drug-likeness (QED) is 0.766. The number of piperidine rings is 1. The van der Waals surface area contributed by atoms with Gasteiger partial charge in [-0.3, -0.25) is 0 Å². The van der Waals surface area contributed by atoms with Gasteiger partial charge in [0.1, 0.15) is 0 Å². The van der Waals surface area contributed by atoms with E-state index in [-0.39, 0.29) is 25.9 Å². The zero-order valence-electron chi connectivity index (χ0n) is 9.85. The van der Waals surface area contributed by atoms with Crippen LogP contribution in [-0.4, -0.2) is 58.1 Å². The van der Waals surface area contributed by atoms with Crippen LogP contribution in [-0.2, 0) is 20.4 Å². The summed E-state index contributed by atoms with van der Waals surface area (Å²) in [4.78, 5) is 11.5. The minimum atomic E-state index is -3.28. The molecule has 0 aliphatic carbocycles. The van der Waals surface area contributed by atoms with Gasteiger partial charge in [-0.25, -0.2) is 22.2 Å².